The average molecular weight is 272 g/mol. The van der Waals surface area contributed by atoms with Gasteiger partial charge in [-0.2, -0.15) is 0 Å². The minimum absolute atomic E-state index is 0.281. The van der Waals surface area contributed by atoms with Gasteiger partial charge in [0.25, 0.3) is 0 Å². The second kappa shape index (κ2) is 6.33. The molecule has 1 aromatic carbocycles. The number of anilines is 1. The van der Waals surface area contributed by atoms with Crippen molar-refractivity contribution in [3.63, 3.8) is 0 Å². The first kappa shape index (κ1) is 13.5. The molecule has 1 heterocycles. The predicted octanol–water partition coefficient (Wildman–Crippen LogP) is 2.23. The van der Waals surface area contributed by atoms with Crippen LogP contribution < -0.4 is 10.1 Å². The molecule has 0 aliphatic heterocycles. The maximum absolute atomic E-state index is 11.4. The zero-order valence-corrected chi connectivity index (χ0v) is 10.7. The summed E-state index contributed by atoms with van der Waals surface area (Å²) in [7, 11) is 1.31. The molecular weight excluding hydrogens is 260 g/mol. The Balaban J connectivity index is 2.13. The van der Waals surface area contributed by atoms with Gasteiger partial charge in [0.15, 0.2) is 0 Å². The molecule has 1 aromatic heterocycles. The van der Waals surface area contributed by atoms with E-state index in [-0.39, 0.29) is 5.88 Å². The molecule has 102 valence electrons. The van der Waals surface area contributed by atoms with Gasteiger partial charge >= 0.3 is 5.97 Å². The fraction of sp³-hybridized carbons (Fsp3) is 0.0714. The van der Waals surface area contributed by atoms with Crippen molar-refractivity contribution in [2.45, 2.75) is 0 Å². The molecule has 20 heavy (non-hydrogen) atoms. The normalized spacial score (nSPS) is 9.65. The topological polar surface area (TPSA) is 77.5 Å². The molecule has 1 amide bonds. The lowest BCUT2D eigenvalue weighted by Crippen LogP contribution is -2.01. The zero-order chi connectivity index (χ0) is 14.4. The van der Waals surface area contributed by atoms with E-state index in [1.165, 1.54) is 25.4 Å². The molecule has 0 saturated heterocycles. The summed E-state index contributed by atoms with van der Waals surface area (Å²) in [5.74, 6) is 0.364. The van der Waals surface area contributed by atoms with Crippen molar-refractivity contribution >= 4 is 18.1 Å². The summed E-state index contributed by atoms with van der Waals surface area (Å²) in [4.78, 5) is 25.7. The van der Waals surface area contributed by atoms with E-state index >= 15 is 0 Å². The van der Waals surface area contributed by atoms with Crippen LogP contribution in [0.25, 0.3) is 0 Å². The minimum Gasteiger partial charge on any atom is -0.465 e. The fourth-order valence-electron chi connectivity index (χ4n) is 1.52. The molecule has 0 spiro atoms. The molecule has 0 radical (unpaired) electrons. The maximum Gasteiger partial charge on any atom is 0.338 e. The van der Waals surface area contributed by atoms with Crippen LogP contribution in [0, 0.1) is 0 Å². The zero-order valence-electron chi connectivity index (χ0n) is 10.7. The second-order valence-electron chi connectivity index (χ2n) is 3.76. The quantitative estimate of drug-likeness (QED) is 0.667. The summed E-state index contributed by atoms with van der Waals surface area (Å²) in [5, 5.41) is 2.52. The first-order chi connectivity index (χ1) is 9.72. The number of hydrogen-bond acceptors (Lipinski definition) is 5. The van der Waals surface area contributed by atoms with Gasteiger partial charge in [-0.05, 0) is 30.3 Å². The molecule has 0 saturated carbocycles. The molecule has 0 aliphatic carbocycles. The number of nitrogens with zero attached hydrogens (tertiary/aromatic N) is 1. The van der Waals surface area contributed by atoms with Crippen LogP contribution in [-0.4, -0.2) is 24.5 Å². The molecule has 0 bridgehead atoms. The van der Waals surface area contributed by atoms with E-state index in [2.05, 4.69) is 15.0 Å². The highest BCUT2D eigenvalue weighted by Gasteiger charge is 2.07. The van der Waals surface area contributed by atoms with Crippen molar-refractivity contribution in [1.82, 2.24) is 4.98 Å². The van der Waals surface area contributed by atoms with Crippen LogP contribution in [0.1, 0.15) is 10.4 Å². The Kier molecular flexibility index (Phi) is 4.28. The van der Waals surface area contributed by atoms with Crippen molar-refractivity contribution in [2.24, 2.45) is 0 Å². The molecule has 6 heteroatoms. The van der Waals surface area contributed by atoms with E-state index in [0.717, 1.165) is 0 Å². The van der Waals surface area contributed by atoms with Crippen LogP contribution in [0.15, 0.2) is 42.6 Å². The van der Waals surface area contributed by atoms with E-state index in [4.69, 9.17) is 4.74 Å². The third kappa shape index (κ3) is 3.32. The number of aromatic nitrogens is 1. The molecule has 0 unspecified atom stereocenters. The molecule has 0 aliphatic rings. The number of methoxy groups -OCH3 is 1. The van der Waals surface area contributed by atoms with Crippen LogP contribution in [0.5, 0.6) is 11.6 Å². The van der Waals surface area contributed by atoms with E-state index in [1.54, 1.807) is 24.3 Å². The van der Waals surface area contributed by atoms with E-state index in [0.29, 0.717) is 23.4 Å². The number of hydrogen-bond donors (Lipinski definition) is 1. The van der Waals surface area contributed by atoms with Crippen molar-refractivity contribution in [3.8, 4) is 11.6 Å². The number of amides is 1. The predicted molar refractivity (Wildman–Crippen MR) is 71.8 cm³/mol. The fourth-order valence-corrected chi connectivity index (χ4v) is 1.52. The maximum atomic E-state index is 11.4. The Morgan fingerprint density at radius 1 is 1.25 bits per heavy atom. The lowest BCUT2D eigenvalue weighted by atomic mass is 10.2. The molecule has 6 nitrogen and oxygen atoms in total. The SMILES string of the molecule is COC(=O)c1ccnc(Oc2ccc(NC=O)cc2)c1. The van der Waals surface area contributed by atoms with Gasteiger partial charge < -0.3 is 14.8 Å². The van der Waals surface area contributed by atoms with Crippen molar-refractivity contribution < 1.29 is 19.1 Å². The summed E-state index contributed by atoms with van der Waals surface area (Å²) in [6.45, 7) is 0. The van der Waals surface area contributed by atoms with Gasteiger partial charge in [0, 0.05) is 18.0 Å². The van der Waals surface area contributed by atoms with Crippen LogP contribution in [0.2, 0.25) is 0 Å². The van der Waals surface area contributed by atoms with E-state index < -0.39 is 5.97 Å². The first-order valence-electron chi connectivity index (χ1n) is 5.75. The molecule has 0 atom stereocenters. The first-order valence-corrected chi connectivity index (χ1v) is 5.75. The van der Waals surface area contributed by atoms with Crippen LogP contribution in [0.3, 0.4) is 0 Å². The Morgan fingerprint density at radius 3 is 2.65 bits per heavy atom. The minimum atomic E-state index is -0.456. The van der Waals surface area contributed by atoms with Gasteiger partial charge in [-0.15, -0.1) is 0 Å². The van der Waals surface area contributed by atoms with Crippen LogP contribution >= 0.6 is 0 Å². The van der Waals surface area contributed by atoms with Gasteiger partial charge in [-0.25, -0.2) is 9.78 Å². The number of carbonyl (C=O) groups is 2. The summed E-state index contributed by atoms with van der Waals surface area (Å²) >= 11 is 0. The smallest absolute Gasteiger partial charge is 0.338 e. The highest BCUT2D eigenvalue weighted by atomic mass is 16.5. The van der Waals surface area contributed by atoms with Gasteiger partial charge in [0.05, 0.1) is 12.7 Å². The van der Waals surface area contributed by atoms with E-state index in [9.17, 15) is 9.59 Å². The molecule has 0 fully saturated rings. The van der Waals surface area contributed by atoms with E-state index in [1.807, 2.05) is 0 Å². The van der Waals surface area contributed by atoms with Crippen molar-refractivity contribution in [2.75, 3.05) is 12.4 Å². The summed E-state index contributed by atoms with van der Waals surface area (Å²) < 4.78 is 10.1. The summed E-state index contributed by atoms with van der Waals surface area (Å²) in [6.07, 6.45) is 2.06. The highest BCUT2D eigenvalue weighted by molar-refractivity contribution is 5.89. The lowest BCUT2D eigenvalue weighted by molar-refractivity contribution is -0.105. The molecule has 1 N–H and O–H groups in total. The Labute approximate surface area is 115 Å². The Morgan fingerprint density at radius 2 is 2.00 bits per heavy atom. The molecule has 2 rings (SSSR count). The van der Waals surface area contributed by atoms with Gasteiger partial charge in [-0.1, -0.05) is 0 Å². The number of benzene rings is 1. The van der Waals surface area contributed by atoms with Crippen LogP contribution in [0.4, 0.5) is 5.69 Å². The van der Waals surface area contributed by atoms with Gasteiger partial charge in [-0.3, -0.25) is 4.79 Å². The van der Waals surface area contributed by atoms with Gasteiger partial charge in [0.1, 0.15) is 5.75 Å². The molecule has 2 aromatic rings. The van der Waals surface area contributed by atoms with Crippen LogP contribution in [-0.2, 0) is 9.53 Å². The third-order valence-corrected chi connectivity index (χ3v) is 2.46. The highest BCUT2D eigenvalue weighted by Crippen LogP contribution is 2.22. The Bertz CT molecular complexity index is 611. The monoisotopic (exact) mass is 272 g/mol. The number of nitrogens with one attached hydrogen (secondary N) is 1. The summed E-state index contributed by atoms with van der Waals surface area (Å²) in [6, 6.07) is 9.76. The largest absolute Gasteiger partial charge is 0.465 e. The Hall–Kier alpha value is -2.89. The van der Waals surface area contributed by atoms with Crippen molar-refractivity contribution in [3.05, 3.63) is 48.2 Å². The number of rotatable bonds is 5. The molecular formula is C14H12N2O4. The number of pyridine rings is 1. The number of carbonyl (C=O) groups excluding carboxylic acids is 2. The summed E-state index contributed by atoms with van der Waals surface area (Å²) in [5.41, 5.74) is 1.01. The standard InChI is InChI=1S/C14H12N2O4/c1-19-14(18)10-6-7-15-13(8-10)20-12-4-2-11(3-5-12)16-9-17/h2-9H,1H3,(H,16,17). The number of ether oxygens (including phenoxy) is 2. The third-order valence-electron chi connectivity index (χ3n) is 2.46. The lowest BCUT2D eigenvalue weighted by Gasteiger charge is -2.06. The average Bonchev–Trinajstić information content (AvgIpc) is 2.49. The second-order valence-corrected chi connectivity index (χ2v) is 3.76. The van der Waals surface area contributed by atoms with Crippen molar-refractivity contribution in [1.29, 1.82) is 0 Å². The number of esters is 1. The van der Waals surface area contributed by atoms with Gasteiger partial charge in [0.2, 0.25) is 12.3 Å².